The smallest absolute Gasteiger partial charge is 0.253 e. The summed E-state index contributed by atoms with van der Waals surface area (Å²) >= 11 is 0. The molecule has 0 spiro atoms. The number of carbonyl (C=O) groups excluding carboxylic acids is 1. The van der Waals surface area contributed by atoms with Gasteiger partial charge in [-0.15, -0.1) is 12.4 Å². The number of hydrogen-bond donors (Lipinski definition) is 1. The molecule has 3 aliphatic rings. The third-order valence-electron chi connectivity index (χ3n) is 6.16. The Kier molecular flexibility index (Phi) is 6.15. The molecule has 0 unspecified atom stereocenters. The summed E-state index contributed by atoms with van der Waals surface area (Å²) in [7, 11) is -3.46. The van der Waals surface area contributed by atoms with Gasteiger partial charge in [-0.25, -0.2) is 8.42 Å². The number of nitrogens with one attached hydrogen (secondary N) is 1. The molecule has 0 radical (unpaired) electrons. The predicted molar refractivity (Wildman–Crippen MR) is 107 cm³/mol. The third kappa shape index (κ3) is 4.01. The predicted octanol–water partition coefficient (Wildman–Crippen LogP) is 1.82. The van der Waals surface area contributed by atoms with E-state index in [0.717, 1.165) is 39.0 Å². The minimum Gasteiger partial charge on any atom is -0.338 e. The number of nitrogens with zero attached hydrogens (tertiary/aromatic N) is 2. The van der Waals surface area contributed by atoms with Gasteiger partial charge < -0.3 is 10.2 Å². The lowest BCUT2D eigenvalue weighted by molar-refractivity contribution is 0.0781. The Morgan fingerprint density at radius 2 is 1.59 bits per heavy atom. The van der Waals surface area contributed by atoms with E-state index < -0.39 is 10.0 Å². The van der Waals surface area contributed by atoms with E-state index in [9.17, 15) is 13.2 Å². The lowest BCUT2D eigenvalue weighted by atomic mass is 10.0. The molecule has 1 aromatic carbocycles. The lowest BCUT2D eigenvalue weighted by Gasteiger charge is -2.29. The number of hydrogen-bond acceptors (Lipinski definition) is 4. The number of fused-ring (bicyclic) bond motifs is 1. The van der Waals surface area contributed by atoms with E-state index in [2.05, 4.69) is 12.2 Å². The van der Waals surface area contributed by atoms with Crippen LogP contribution >= 0.6 is 12.4 Å². The number of carbonyl (C=O) groups is 1. The highest BCUT2D eigenvalue weighted by Crippen LogP contribution is 2.28. The Labute approximate surface area is 167 Å². The van der Waals surface area contributed by atoms with E-state index in [4.69, 9.17) is 0 Å². The summed E-state index contributed by atoms with van der Waals surface area (Å²) < 4.78 is 27.1. The highest BCUT2D eigenvalue weighted by Gasteiger charge is 2.38. The summed E-state index contributed by atoms with van der Waals surface area (Å²) in [4.78, 5) is 14.9. The Bertz CT molecular complexity index is 764. The van der Waals surface area contributed by atoms with Crippen LogP contribution in [0.5, 0.6) is 0 Å². The highest BCUT2D eigenvalue weighted by atomic mass is 35.5. The van der Waals surface area contributed by atoms with E-state index in [1.807, 2.05) is 4.90 Å². The fraction of sp³-hybridized carbons (Fsp3) is 0.632. The lowest BCUT2D eigenvalue weighted by Crippen LogP contribution is -2.37. The molecule has 3 fully saturated rings. The van der Waals surface area contributed by atoms with Gasteiger partial charge >= 0.3 is 0 Å². The van der Waals surface area contributed by atoms with Gasteiger partial charge in [0.2, 0.25) is 10.0 Å². The van der Waals surface area contributed by atoms with Gasteiger partial charge in [-0.3, -0.25) is 4.79 Å². The van der Waals surface area contributed by atoms with Crippen molar-refractivity contribution in [3.8, 4) is 0 Å². The minimum atomic E-state index is -3.46. The summed E-state index contributed by atoms with van der Waals surface area (Å²) in [5.41, 5.74) is 0.573. The first kappa shape index (κ1) is 20.6. The zero-order chi connectivity index (χ0) is 18.3. The van der Waals surface area contributed by atoms with Crippen molar-refractivity contribution in [2.45, 2.75) is 24.7 Å². The molecule has 0 saturated carbocycles. The molecule has 3 saturated heterocycles. The topological polar surface area (TPSA) is 69.7 Å². The van der Waals surface area contributed by atoms with Crippen molar-refractivity contribution in [2.75, 3.05) is 39.3 Å². The van der Waals surface area contributed by atoms with Crippen LogP contribution in [0.2, 0.25) is 0 Å². The quantitative estimate of drug-likeness (QED) is 0.820. The molecular weight excluding hydrogens is 386 g/mol. The number of benzene rings is 1. The van der Waals surface area contributed by atoms with Gasteiger partial charge in [0.25, 0.3) is 5.91 Å². The average Bonchev–Trinajstić information content (AvgIpc) is 3.23. The van der Waals surface area contributed by atoms with Gasteiger partial charge in [0.1, 0.15) is 0 Å². The van der Waals surface area contributed by atoms with E-state index >= 15 is 0 Å². The van der Waals surface area contributed by atoms with E-state index in [-0.39, 0.29) is 23.2 Å². The van der Waals surface area contributed by atoms with Crippen molar-refractivity contribution < 1.29 is 13.2 Å². The fourth-order valence-corrected chi connectivity index (χ4v) is 5.82. The van der Waals surface area contributed by atoms with Crippen LogP contribution < -0.4 is 5.32 Å². The molecule has 27 heavy (non-hydrogen) atoms. The fourth-order valence-electron chi connectivity index (χ4n) is 4.35. The molecule has 3 aliphatic heterocycles. The minimum absolute atomic E-state index is 0. The molecule has 0 aromatic heterocycles. The molecule has 4 rings (SSSR count). The molecule has 8 heteroatoms. The highest BCUT2D eigenvalue weighted by molar-refractivity contribution is 7.89. The van der Waals surface area contributed by atoms with Crippen molar-refractivity contribution in [3.05, 3.63) is 29.8 Å². The summed E-state index contributed by atoms with van der Waals surface area (Å²) in [5.74, 6) is 1.70. The van der Waals surface area contributed by atoms with Gasteiger partial charge in [0.05, 0.1) is 4.90 Å². The standard InChI is InChI=1S/C19H27N3O3S.ClH/c1-14-6-8-22(9-7-14)26(24,25)18-4-2-15(3-5-18)19(23)21-12-16-10-20-11-17(16)13-21;/h2-5,14,16-17,20H,6-13H2,1H3;1H/t16-,17+;. The molecule has 150 valence electrons. The number of amides is 1. The Morgan fingerprint density at radius 3 is 2.15 bits per heavy atom. The van der Waals surface area contributed by atoms with Crippen LogP contribution in [0.25, 0.3) is 0 Å². The monoisotopic (exact) mass is 413 g/mol. The maximum absolute atomic E-state index is 12.8. The van der Waals surface area contributed by atoms with Crippen molar-refractivity contribution in [1.82, 2.24) is 14.5 Å². The van der Waals surface area contributed by atoms with Gasteiger partial charge in [-0.1, -0.05) is 6.92 Å². The SMILES string of the molecule is CC1CCN(S(=O)(=O)c2ccc(C(=O)N3C[C@H]4CNC[C@H]4C3)cc2)CC1.Cl. The molecule has 2 atom stereocenters. The summed E-state index contributed by atoms with van der Waals surface area (Å²) in [6.07, 6.45) is 1.81. The third-order valence-corrected chi connectivity index (χ3v) is 8.07. The number of halogens is 1. The van der Waals surface area contributed by atoms with Gasteiger partial charge in [0.15, 0.2) is 0 Å². The largest absolute Gasteiger partial charge is 0.338 e. The van der Waals surface area contributed by atoms with Crippen LogP contribution in [0, 0.1) is 17.8 Å². The maximum Gasteiger partial charge on any atom is 0.253 e. The van der Waals surface area contributed by atoms with Crippen LogP contribution in [-0.2, 0) is 10.0 Å². The molecule has 1 N–H and O–H groups in total. The first-order chi connectivity index (χ1) is 12.4. The van der Waals surface area contributed by atoms with E-state index in [1.54, 1.807) is 28.6 Å². The first-order valence-electron chi connectivity index (χ1n) is 9.55. The summed E-state index contributed by atoms with van der Waals surface area (Å²) in [6.45, 7) is 6.88. The molecular formula is C19H28ClN3O3S. The number of likely N-dealkylation sites (tertiary alicyclic amines) is 1. The Hall–Kier alpha value is -1.15. The van der Waals surface area contributed by atoms with Crippen LogP contribution in [-0.4, -0.2) is 62.8 Å². The second-order valence-corrected chi connectivity index (χ2v) is 9.94. The maximum atomic E-state index is 12.8. The van der Waals surface area contributed by atoms with Crippen molar-refractivity contribution >= 4 is 28.3 Å². The van der Waals surface area contributed by atoms with Crippen molar-refractivity contribution in [2.24, 2.45) is 17.8 Å². The van der Waals surface area contributed by atoms with Crippen LogP contribution in [0.1, 0.15) is 30.1 Å². The summed E-state index contributed by atoms with van der Waals surface area (Å²) in [6, 6.07) is 6.49. The normalized spacial score (nSPS) is 26.6. The molecule has 6 nitrogen and oxygen atoms in total. The van der Waals surface area contributed by atoms with Crippen LogP contribution in [0.3, 0.4) is 0 Å². The van der Waals surface area contributed by atoms with Crippen molar-refractivity contribution in [1.29, 1.82) is 0 Å². The molecule has 0 bridgehead atoms. The summed E-state index contributed by atoms with van der Waals surface area (Å²) in [5, 5.41) is 3.37. The zero-order valence-corrected chi connectivity index (χ0v) is 17.3. The van der Waals surface area contributed by atoms with Crippen molar-refractivity contribution in [3.63, 3.8) is 0 Å². The Balaban J connectivity index is 0.00000210. The number of rotatable bonds is 3. The molecule has 1 amide bonds. The van der Waals surface area contributed by atoms with E-state index in [0.29, 0.717) is 36.4 Å². The number of sulfonamides is 1. The second kappa shape index (κ2) is 8.07. The number of piperidine rings is 1. The average molecular weight is 414 g/mol. The van der Waals surface area contributed by atoms with Gasteiger partial charge in [-0.05, 0) is 54.9 Å². The first-order valence-corrected chi connectivity index (χ1v) is 11.0. The van der Waals surface area contributed by atoms with Crippen LogP contribution in [0.15, 0.2) is 29.2 Å². The Morgan fingerprint density at radius 1 is 1.04 bits per heavy atom. The van der Waals surface area contributed by atoms with Crippen LogP contribution in [0.4, 0.5) is 0 Å². The van der Waals surface area contributed by atoms with Gasteiger partial charge in [0, 0.05) is 44.8 Å². The molecule has 3 heterocycles. The molecule has 0 aliphatic carbocycles. The zero-order valence-electron chi connectivity index (χ0n) is 15.6. The second-order valence-electron chi connectivity index (χ2n) is 8.00. The van der Waals surface area contributed by atoms with E-state index in [1.165, 1.54) is 0 Å². The van der Waals surface area contributed by atoms with Gasteiger partial charge in [-0.2, -0.15) is 4.31 Å². The molecule has 1 aromatic rings.